The highest BCUT2D eigenvalue weighted by Gasteiger charge is 2.53. The van der Waals surface area contributed by atoms with E-state index in [0.29, 0.717) is 17.8 Å². The first-order valence-corrected chi connectivity index (χ1v) is 14.9. The van der Waals surface area contributed by atoms with Gasteiger partial charge in [0.15, 0.2) is 8.32 Å². The lowest BCUT2D eigenvalue weighted by Gasteiger charge is -2.41. The molecule has 2 rings (SSSR count). The summed E-state index contributed by atoms with van der Waals surface area (Å²) in [7, 11) is -1.96. The molecule has 0 amide bonds. The molecule has 0 aliphatic heterocycles. The lowest BCUT2D eigenvalue weighted by atomic mass is 9.76. The number of rotatable bonds is 3. The van der Waals surface area contributed by atoms with Crippen LogP contribution in [0.4, 0.5) is 0 Å². The van der Waals surface area contributed by atoms with Gasteiger partial charge in [0.2, 0.25) is 0 Å². The van der Waals surface area contributed by atoms with E-state index in [1.54, 1.807) is 0 Å². The van der Waals surface area contributed by atoms with Gasteiger partial charge >= 0.3 is 0 Å². The fourth-order valence-corrected chi connectivity index (χ4v) is 6.82. The summed E-state index contributed by atoms with van der Waals surface area (Å²) in [5.41, 5.74) is 0. The van der Waals surface area contributed by atoms with Crippen LogP contribution in [0.3, 0.4) is 0 Å². The minimum atomic E-state index is -1.96. The topological polar surface area (TPSA) is 49.7 Å². The molecule has 2 aliphatic rings. The lowest BCUT2D eigenvalue weighted by Crippen LogP contribution is -2.48. The average molecular weight is 413 g/mol. The van der Waals surface area contributed by atoms with Gasteiger partial charge in [-0.1, -0.05) is 73.1 Å². The molecule has 0 heterocycles. The second kappa shape index (κ2) is 9.94. The smallest absolute Gasteiger partial charge is 0.192 e. The lowest BCUT2D eigenvalue weighted by molar-refractivity contribution is -0.00168. The van der Waals surface area contributed by atoms with Crippen LogP contribution in [-0.2, 0) is 4.43 Å². The summed E-state index contributed by atoms with van der Waals surface area (Å²) in [5, 5.41) is 22.3. The van der Waals surface area contributed by atoms with E-state index in [-0.39, 0.29) is 23.2 Å². The molecule has 0 aromatic rings. The maximum absolute atomic E-state index is 11.4. The van der Waals surface area contributed by atoms with Crippen LogP contribution in [0.1, 0.15) is 92.4 Å². The Hall–Kier alpha value is 0.0969. The molecule has 166 valence electrons. The molecular formula is C24H48O3Si. The largest absolute Gasteiger partial charge is 0.411 e. The quantitative estimate of drug-likeness (QED) is 0.547. The summed E-state index contributed by atoms with van der Waals surface area (Å²) >= 11 is 0. The fraction of sp³-hybridized carbons (Fsp3) is 1.00. The van der Waals surface area contributed by atoms with Crippen LogP contribution in [-0.4, -0.2) is 36.8 Å². The van der Waals surface area contributed by atoms with Crippen LogP contribution in [0, 0.1) is 23.7 Å². The molecule has 2 saturated carbocycles. The van der Waals surface area contributed by atoms with Crippen molar-refractivity contribution >= 4 is 8.32 Å². The van der Waals surface area contributed by atoms with Crippen LogP contribution in [0.25, 0.3) is 0 Å². The molecule has 0 unspecified atom stereocenters. The first-order valence-electron chi connectivity index (χ1n) is 12.0. The van der Waals surface area contributed by atoms with Crippen molar-refractivity contribution in [3.05, 3.63) is 0 Å². The maximum Gasteiger partial charge on any atom is 0.192 e. The van der Waals surface area contributed by atoms with Crippen LogP contribution in [0.15, 0.2) is 0 Å². The van der Waals surface area contributed by atoms with Crippen molar-refractivity contribution in [1.29, 1.82) is 0 Å². The third kappa shape index (κ3) is 5.83. The first kappa shape index (κ1) is 24.4. The normalized spacial score (nSPS) is 36.6. The zero-order valence-corrected chi connectivity index (χ0v) is 20.7. The van der Waals surface area contributed by atoms with Crippen molar-refractivity contribution in [2.75, 3.05) is 0 Å². The van der Waals surface area contributed by atoms with Crippen molar-refractivity contribution in [3.8, 4) is 0 Å². The van der Waals surface area contributed by atoms with Gasteiger partial charge in [-0.15, -0.1) is 0 Å². The Morgan fingerprint density at radius 2 is 1.39 bits per heavy atom. The molecule has 2 fully saturated rings. The van der Waals surface area contributed by atoms with Crippen molar-refractivity contribution in [2.24, 2.45) is 23.7 Å². The number of hydrogen-bond donors (Lipinski definition) is 2. The van der Waals surface area contributed by atoms with E-state index >= 15 is 0 Å². The Bertz CT molecular complexity index is 471. The van der Waals surface area contributed by atoms with Gasteiger partial charge in [-0.05, 0) is 61.1 Å². The van der Waals surface area contributed by atoms with E-state index < -0.39 is 14.4 Å². The average Bonchev–Trinajstić information content (AvgIpc) is 2.81. The summed E-state index contributed by atoms with van der Waals surface area (Å²) in [6.45, 7) is 16.1. The zero-order valence-electron chi connectivity index (χ0n) is 19.7. The Morgan fingerprint density at radius 3 is 1.93 bits per heavy atom. The van der Waals surface area contributed by atoms with Crippen molar-refractivity contribution in [1.82, 2.24) is 0 Å². The predicted molar refractivity (Wildman–Crippen MR) is 121 cm³/mol. The van der Waals surface area contributed by atoms with Gasteiger partial charge in [-0.2, -0.15) is 0 Å². The molecule has 0 aromatic carbocycles. The summed E-state index contributed by atoms with van der Waals surface area (Å²) in [4.78, 5) is 0. The molecule has 2 bridgehead atoms. The van der Waals surface area contributed by atoms with E-state index in [4.69, 9.17) is 4.43 Å². The number of fused-ring (bicyclic) bond motifs is 2. The fourth-order valence-electron chi connectivity index (χ4n) is 5.48. The van der Waals surface area contributed by atoms with Crippen LogP contribution >= 0.6 is 0 Å². The number of aliphatic hydroxyl groups is 2. The van der Waals surface area contributed by atoms with Gasteiger partial charge in [0.25, 0.3) is 0 Å². The summed E-state index contributed by atoms with van der Waals surface area (Å²) in [6, 6.07) is 0. The van der Waals surface area contributed by atoms with Gasteiger partial charge in [-0.25, -0.2) is 0 Å². The minimum absolute atomic E-state index is 0.0616. The molecule has 0 radical (unpaired) electrons. The molecule has 0 aromatic heterocycles. The Kier molecular flexibility index (Phi) is 8.65. The molecule has 0 spiro atoms. The first-order chi connectivity index (χ1) is 13.0. The molecule has 0 saturated heterocycles. The molecule has 28 heavy (non-hydrogen) atoms. The zero-order chi connectivity index (χ0) is 21.1. The highest BCUT2D eigenvalue weighted by atomic mass is 28.4. The van der Waals surface area contributed by atoms with Crippen LogP contribution < -0.4 is 0 Å². The van der Waals surface area contributed by atoms with Crippen LogP contribution in [0.2, 0.25) is 18.1 Å². The number of hydrogen-bond acceptors (Lipinski definition) is 3. The van der Waals surface area contributed by atoms with Gasteiger partial charge in [-0.3, -0.25) is 0 Å². The standard InChI is InChI=1S/C24H48O3Si/c1-17(2)21-19-15-13-11-9-8-10-12-14-18(25)16-20(21)22(26)23(19)27-28(6,7)24(3,4)5/h17-23,25-26H,8-16H2,1-7H3/t18-,19+,20+,21-,22+,23+/m0/s1. The van der Waals surface area contributed by atoms with Gasteiger partial charge in [0.1, 0.15) is 0 Å². The van der Waals surface area contributed by atoms with Crippen molar-refractivity contribution in [2.45, 2.75) is 129 Å². The Balaban J connectivity index is 2.31. The SMILES string of the molecule is CC(C)[C@@H]1[C@H]2C[C@@H](O)CCCCCCCC[C@H]1[C@@H](O[Si](C)(C)C(C)(C)C)[C@@H]2O. The molecule has 4 heteroatoms. The van der Waals surface area contributed by atoms with Gasteiger partial charge < -0.3 is 14.6 Å². The van der Waals surface area contributed by atoms with E-state index in [9.17, 15) is 10.2 Å². The van der Waals surface area contributed by atoms with Gasteiger partial charge in [0.05, 0.1) is 18.3 Å². The van der Waals surface area contributed by atoms with E-state index in [1.165, 1.54) is 32.1 Å². The second-order valence-electron chi connectivity index (χ2n) is 11.6. The summed E-state index contributed by atoms with van der Waals surface area (Å²) in [5.74, 6) is 1.53. The van der Waals surface area contributed by atoms with Crippen molar-refractivity contribution in [3.63, 3.8) is 0 Å². The van der Waals surface area contributed by atoms with E-state index in [0.717, 1.165) is 25.7 Å². The third-order valence-electron chi connectivity index (χ3n) is 8.06. The van der Waals surface area contributed by atoms with Crippen molar-refractivity contribution < 1.29 is 14.6 Å². The summed E-state index contributed by atoms with van der Waals surface area (Å²) in [6.07, 6.45) is 9.46. The Labute approximate surface area is 175 Å². The molecule has 6 atom stereocenters. The van der Waals surface area contributed by atoms with E-state index in [1.807, 2.05) is 0 Å². The molecular weight excluding hydrogens is 364 g/mol. The van der Waals surface area contributed by atoms with Crippen LogP contribution in [0.5, 0.6) is 0 Å². The monoisotopic (exact) mass is 412 g/mol. The predicted octanol–water partition coefficient (Wildman–Crippen LogP) is 6.14. The second-order valence-corrected chi connectivity index (χ2v) is 16.3. The highest BCUT2D eigenvalue weighted by Crippen LogP contribution is 2.50. The summed E-state index contributed by atoms with van der Waals surface area (Å²) < 4.78 is 6.89. The van der Waals surface area contributed by atoms with Gasteiger partial charge in [0, 0.05) is 0 Å². The molecule has 3 nitrogen and oxygen atoms in total. The Morgan fingerprint density at radius 1 is 0.857 bits per heavy atom. The highest BCUT2D eigenvalue weighted by molar-refractivity contribution is 6.74. The molecule has 2 N–H and O–H groups in total. The van der Waals surface area contributed by atoms with E-state index in [2.05, 4.69) is 47.7 Å². The maximum atomic E-state index is 11.4. The minimum Gasteiger partial charge on any atom is -0.411 e. The molecule has 2 aliphatic carbocycles. The third-order valence-corrected chi connectivity index (χ3v) is 12.5. The number of aliphatic hydroxyl groups excluding tert-OH is 2.